The average Bonchev–Trinajstić information content (AvgIpc) is 3.14. The molecule has 0 amide bonds. The summed E-state index contributed by atoms with van der Waals surface area (Å²) < 4.78 is 12.7. The van der Waals surface area contributed by atoms with Crippen LogP contribution in [-0.4, -0.2) is 49.2 Å². The van der Waals surface area contributed by atoms with Crippen LogP contribution in [0, 0.1) is 5.92 Å². The molecule has 0 saturated carbocycles. The van der Waals surface area contributed by atoms with Gasteiger partial charge in [-0.05, 0) is 37.0 Å². The monoisotopic (exact) mass is 394 g/mol. The van der Waals surface area contributed by atoms with E-state index >= 15 is 0 Å². The number of ether oxygens (including phenoxy) is 2. The summed E-state index contributed by atoms with van der Waals surface area (Å²) >= 11 is 0. The summed E-state index contributed by atoms with van der Waals surface area (Å²) in [5.74, 6) is 0.696. The van der Waals surface area contributed by atoms with Crippen LogP contribution in [0.25, 0.3) is 11.4 Å². The largest absolute Gasteiger partial charge is 0.470 e. The van der Waals surface area contributed by atoms with E-state index in [1.165, 1.54) is 0 Å². The third-order valence-electron chi connectivity index (χ3n) is 4.95. The van der Waals surface area contributed by atoms with Crippen molar-refractivity contribution in [3.05, 3.63) is 47.9 Å². The minimum atomic E-state index is 0.00391. The third kappa shape index (κ3) is 4.62. The van der Waals surface area contributed by atoms with Gasteiger partial charge < -0.3 is 9.47 Å². The zero-order valence-electron chi connectivity index (χ0n) is 16.2. The number of pyridine rings is 1. The Hall–Kier alpha value is -3.20. The highest BCUT2D eigenvalue weighted by Crippen LogP contribution is 2.22. The number of carbonyl (C=O) groups excluding carboxylic acids is 1. The first-order valence-electron chi connectivity index (χ1n) is 9.58. The van der Waals surface area contributed by atoms with Crippen LogP contribution in [-0.2, 0) is 18.4 Å². The molecule has 0 unspecified atom stereocenters. The smallest absolute Gasteiger partial charge is 0.233 e. The molecule has 0 atom stereocenters. The van der Waals surface area contributed by atoms with Gasteiger partial charge in [-0.1, -0.05) is 11.3 Å². The van der Waals surface area contributed by atoms with Crippen LogP contribution in [0.4, 0.5) is 0 Å². The summed E-state index contributed by atoms with van der Waals surface area (Å²) in [5.41, 5.74) is 2.51. The third-order valence-corrected chi connectivity index (χ3v) is 4.95. The summed E-state index contributed by atoms with van der Waals surface area (Å²) in [6, 6.07) is 8.92. The van der Waals surface area contributed by atoms with Crippen LogP contribution in [0.1, 0.15) is 35.4 Å². The molecule has 150 valence electrons. The van der Waals surface area contributed by atoms with E-state index in [1.807, 2.05) is 18.2 Å². The number of hydrogen-bond donors (Lipinski definition) is 0. The van der Waals surface area contributed by atoms with Gasteiger partial charge in [-0.25, -0.2) is 4.68 Å². The molecule has 0 aromatic carbocycles. The number of ketones is 1. The molecule has 1 aliphatic rings. The minimum Gasteiger partial charge on any atom is -0.470 e. The van der Waals surface area contributed by atoms with Crippen molar-refractivity contribution in [3.8, 4) is 17.3 Å². The van der Waals surface area contributed by atoms with Crippen molar-refractivity contribution < 1.29 is 14.3 Å². The van der Waals surface area contributed by atoms with Crippen LogP contribution >= 0.6 is 0 Å². The molecular weight excluding hydrogens is 372 g/mol. The summed E-state index contributed by atoms with van der Waals surface area (Å²) in [6.07, 6.45) is 4.01. The lowest BCUT2D eigenvalue weighted by Gasteiger charge is -2.20. The SMILES string of the molecule is Cn1nnc(-c2ccccn2)c1COc1ccc(C(=O)CC2CCOCC2)nn1. The minimum absolute atomic E-state index is 0.00391. The molecule has 4 heterocycles. The lowest BCUT2D eigenvalue weighted by Crippen LogP contribution is -2.19. The second kappa shape index (κ2) is 8.87. The molecule has 9 heteroatoms. The Morgan fingerprint density at radius 3 is 2.76 bits per heavy atom. The first-order valence-corrected chi connectivity index (χ1v) is 9.58. The fraction of sp³-hybridized carbons (Fsp3) is 0.400. The van der Waals surface area contributed by atoms with E-state index in [9.17, 15) is 4.79 Å². The molecule has 0 bridgehead atoms. The second-order valence-corrected chi connectivity index (χ2v) is 6.95. The van der Waals surface area contributed by atoms with Gasteiger partial charge in [-0.3, -0.25) is 9.78 Å². The van der Waals surface area contributed by atoms with Gasteiger partial charge in [0.2, 0.25) is 5.88 Å². The first kappa shape index (κ1) is 19.1. The van der Waals surface area contributed by atoms with Crippen molar-refractivity contribution in [2.24, 2.45) is 13.0 Å². The number of hydrogen-bond acceptors (Lipinski definition) is 8. The van der Waals surface area contributed by atoms with Gasteiger partial charge in [-0.2, -0.15) is 0 Å². The lowest BCUT2D eigenvalue weighted by molar-refractivity contribution is 0.0599. The van der Waals surface area contributed by atoms with Gasteiger partial charge in [0, 0.05) is 38.9 Å². The van der Waals surface area contributed by atoms with E-state index in [4.69, 9.17) is 9.47 Å². The van der Waals surface area contributed by atoms with E-state index < -0.39 is 0 Å². The highest BCUT2D eigenvalue weighted by Gasteiger charge is 2.20. The Bertz CT molecular complexity index is 952. The lowest BCUT2D eigenvalue weighted by atomic mass is 9.93. The number of rotatable bonds is 7. The van der Waals surface area contributed by atoms with Crippen LogP contribution < -0.4 is 4.74 Å². The van der Waals surface area contributed by atoms with Crippen LogP contribution in [0.2, 0.25) is 0 Å². The van der Waals surface area contributed by atoms with E-state index in [-0.39, 0.29) is 12.4 Å². The zero-order chi connectivity index (χ0) is 20.1. The molecule has 9 nitrogen and oxygen atoms in total. The molecule has 0 aliphatic carbocycles. The Labute approximate surface area is 168 Å². The fourth-order valence-corrected chi connectivity index (χ4v) is 3.25. The Morgan fingerprint density at radius 2 is 2.03 bits per heavy atom. The quantitative estimate of drug-likeness (QED) is 0.562. The molecular formula is C20H22N6O3. The van der Waals surface area contributed by atoms with E-state index in [2.05, 4.69) is 25.5 Å². The zero-order valence-corrected chi connectivity index (χ0v) is 16.2. The Kier molecular flexibility index (Phi) is 5.85. The molecule has 0 radical (unpaired) electrons. The van der Waals surface area contributed by atoms with Gasteiger partial charge >= 0.3 is 0 Å². The van der Waals surface area contributed by atoms with Gasteiger partial charge in [-0.15, -0.1) is 15.3 Å². The molecule has 1 fully saturated rings. The molecule has 3 aromatic heterocycles. The van der Waals surface area contributed by atoms with Crippen LogP contribution in [0.5, 0.6) is 5.88 Å². The second-order valence-electron chi connectivity index (χ2n) is 6.95. The van der Waals surface area contributed by atoms with Crippen LogP contribution in [0.15, 0.2) is 36.5 Å². The van der Waals surface area contributed by atoms with E-state index in [0.717, 1.165) is 37.4 Å². The normalized spacial score (nSPS) is 14.7. The Balaban J connectivity index is 1.39. The molecule has 1 saturated heterocycles. The van der Waals surface area contributed by atoms with Gasteiger partial charge in [0.1, 0.15) is 23.7 Å². The number of nitrogens with zero attached hydrogens (tertiary/aromatic N) is 6. The summed E-state index contributed by atoms with van der Waals surface area (Å²) in [6.45, 7) is 1.65. The topological polar surface area (TPSA) is 105 Å². The van der Waals surface area contributed by atoms with Crippen molar-refractivity contribution in [2.75, 3.05) is 13.2 Å². The van der Waals surface area contributed by atoms with E-state index in [0.29, 0.717) is 29.6 Å². The highest BCUT2D eigenvalue weighted by molar-refractivity contribution is 5.94. The van der Waals surface area contributed by atoms with Gasteiger partial charge in [0.15, 0.2) is 5.78 Å². The maximum atomic E-state index is 12.4. The Morgan fingerprint density at radius 1 is 1.17 bits per heavy atom. The summed E-state index contributed by atoms with van der Waals surface area (Å²) in [5, 5.41) is 16.3. The molecule has 0 spiro atoms. The van der Waals surface area contributed by atoms with Gasteiger partial charge in [0.05, 0.1) is 5.69 Å². The maximum absolute atomic E-state index is 12.4. The molecule has 0 N–H and O–H groups in total. The number of carbonyl (C=O) groups is 1. The fourth-order valence-electron chi connectivity index (χ4n) is 3.25. The predicted octanol–water partition coefficient (Wildman–Crippen LogP) is 2.25. The van der Waals surface area contributed by atoms with Crippen LogP contribution in [0.3, 0.4) is 0 Å². The average molecular weight is 394 g/mol. The summed E-state index contributed by atoms with van der Waals surface area (Å²) in [4.78, 5) is 16.7. The number of Topliss-reactive ketones (excluding diaryl/α,β-unsaturated/α-hetero) is 1. The first-order chi connectivity index (χ1) is 14.2. The van der Waals surface area contributed by atoms with Crippen molar-refractivity contribution in [1.29, 1.82) is 0 Å². The maximum Gasteiger partial charge on any atom is 0.233 e. The standard InChI is InChI=1S/C20H22N6O3/c1-26-17(20(24-25-26)16-4-2-3-9-21-16)13-29-19-6-5-15(22-23-19)18(27)12-14-7-10-28-11-8-14/h2-6,9,14H,7-8,10-13H2,1H3. The van der Waals surface area contributed by atoms with Crippen molar-refractivity contribution in [1.82, 2.24) is 30.2 Å². The molecule has 29 heavy (non-hydrogen) atoms. The highest BCUT2D eigenvalue weighted by atomic mass is 16.5. The molecule has 3 aromatic rings. The molecule has 4 rings (SSSR count). The molecule has 1 aliphatic heterocycles. The number of aryl methyl sites for hydroxylation is 1. The predicted molar refractivity (Wildman–Crippen MR) is 103 cm³/mol. The summed E-state index contributed by atoms with van der Waals surface area (Å²) in [7, 11) is 1.79. The number of aromatic nitrogens is 6. The van der Waals surface area contributed by atoms with Crippen molar-refractivity contribution in [2.45, 2.75) is 25.9 Å². The van der Waals surface area contributed by atoms with Crippen molar-refractivity contribution in [3.63, 3.8) is 0 Å². The van der Waals surface area contributed by atoms with Crippen molar-refractivity contribution >= 4 is 5.78 Å². The van der Waals surface area contributed by atoms with E-state index in [1.54, 1.807) is 30.1 Å². The van der Waals surface area contributed by atoms with Gasteiger partial charge in [0.25, 0.3) is 0 Å².